The Balaban J connectivity index is 1.72. The van der Waals surface area contributed by atoms with Gasteiger partial charge in [0.05, 0.1) is 12.6 Å². The van der Waals surface area contributed by atoms with Crippen LogP contribution in [0.4, 0.5) is 8.78 Å². The first kappa shape index (κ1) is 15.2. The third kappa shape index (κ3) is 4.14. The number of carbonyl (C=O) groups is 1. The van der Waals surface area contributed by atoms with Crippen LogP contribution in [0.3, 0.4) is 0 Å². The molecule has 112 valence electrons. The van der Waals surface area contributed by atoms with E-state index in [-0.39, 0.29) is 43.6 Å². The van der Waals surface area contributed by atoms with Gasteiger partial charge in [0.15, 0.2) is 0 Å². The Kier molecular flexibility index (Phi) is 4.92. The number of piperidine rings is 1. The van der Waals surface area contributed by atoms with Crippen molar-refractivity contribution in [3.05, 3.63) is 0 Å². The number of carbonyl (C=O) groups excluding carboxylic acids is 1. The Labute approximate surface area is 118 Å². The molecule has 4 nitrogen and oxygen atoms in total. The van der Waals surface area contributed by atoms with E-state index in [1.807, 2.05) is 0 Å². The van der Waals surface area contributed by atoms with Crippen LogP contribution in [0.25, 0.3) is 0 Å². The lowest BCUT2D eigenvalue weighted by Crippen LogP contribution is -2.47. The highest BCUT2D eigenvalue weighted by Gasteiger charge is 2.37. The number of halogens is 2. The summed E-state index contributed by atoms with van der Waals surface area (Å²) in [5.41, 5.74) is 0. The minimum atomic E-state index is -2.58. The molecular weight excluding hydrogens is 264 g/mol. The predicted octanol–water partition coefficient (Wildman–Crippen LogP) is 1.92. The maximum absolute atomic E-state index is 13.1. The van der Waals surface area contributed by atoms with E-state index in [0.29, 0.717) is 6.54 Å². The van der Waals surface area contributed by atoms with Gasteiger partial charge in [-0.25, -0.2) is 8.78 Å². The molecule has 0 radical (unpaired) electrons. The van der Waals surface area contributed by atoms with E-state index in [4.69, 9.17) is 5.26 Å². The Morgan fingerprint density at radius 2 is 1.85 bits per heavy atom. The third-order valence-corrected chi connectivity index (χ3v) is 4.32. The van der Waals surface area contributed by atoms with Crippen molar-refractivity contribution in [1.82, 2.24) is 10.2 Å². The molecule has 20 heavy (non-hydrogen) atoms. The molecule has 1 N–H and O–H groups in total. The summed E-state index contributed by atoms with van der Waals surface area (Å²) in [6.45, 7) is 2.04. The van der Waals surface area contributed by atoms with Crippen molar-refractivity contribution < 1.29 is 13.6 Å². The normalized spacial score (nSPS) is 25.1. The van der Waals surface area contributed by atoms with Gasteiger partial charge in [0, 0.05) is 37.9 Å². The van der Waals surface area contributed by atoms with Gasteiger partial charge in [-0.2, -0.15) is 5.26 Å². The molecule has 2 aliphatic rings. The van der Waals surface area contributed by atoms with Crippen LogP contribution in [0.1, 0.15) is 38.5 Å². The monoisotopic (exact) mass is 285 g/mol. The van der Waals surface area contributed by atoms with Crippen molar-refractivity contribution in [2.75, 3.05) is 19.6 Å². The van der Waals surface area contributed by atoms with Crippen molar-refractivity contribution in [3.63, 3.8) is 0 Å². The Morgan fingerprint density at radius 1 is 1.25 bits per heavy atom. The first-order valence-electron chi connectivity index (χ1n) is 7.28. The van der Waals surface area contributed by atoms with Crippen molar-refractivity contribution in [2.24, 2.45) is 5.92 Å². The maximum atomic E-state index is 13.1. The molecule has 2 rings (SSSR count). The molecule has 1 heterocycles. The van der Waals surface area contributed by atoms with E-state index in [9.17, 15) is 13.6 Å². The van der Waals surface area contributed by atoms with Gasteiger partial charge in [-0.05, 0) is 25.7 Å². The Bertz CT molecular complexity index is 376. The number of nitrogens with one attached hydrogen (secondary N) is 1. The highest BCUT2D eigenvalue weighted by molar-refractivity contribution is 5.79. The molecule has 2 fully saturated rings. The number of likely N-dealkylation sites (tertiary alicyclic amines) is 1. The standard InChI is InChI=1S/C14H21F2N3O/c15-14(16)5-1-11(2-6-14)13(20)18-12-3-8-19(9-4-12)10-7-17/h11-12H,1-6,8-10H2,(H,18,20). The quantitative estimate of drug-likeness (QED) is 0.806. The summed E-state index contributed by atoms with van der Waals surface area (Å²) in [5.74, 6) is -2.91. The number of alkyl halides is 2. The number of amides is 1. The number of nitrogens with zero attached hydrogens (tertiary/aromatic N) is 2. The second-order valence-corrected chi connectivity index (χ2v) is 5.85. The van der Waals surface area contributed by atoms with Crippen LogP contribution >= 0.6 is 0 Å². The fourth-order valence-electron chi connectivity index (χ4n) is 2.96. The summed E-state index contributed by atoms with van der Waals surface area (Å²) in [4.78, 5) is 14.1. The highest BCUT2D eigenvalue weighted by atomic mass is 19.3. The molecule has 1 aliphatic heterocycles. The van der Waals surface area contributed by atoms with Gasteiger partial charge in [-0.3, -0.25) is 9.69 Å². The zero-order chi connectivity index (χ0) is 14.6. The Hall–Kier alpha value is -1.22. The van der Waals surface area contributed by atoms with Crippen LogP contribution < -0.4 is 5.32 Å². The second kappa shape index (κ2) is 6.49. The van der Waals surface area contributed by atoms with E-state index >= 15 is 0 Å². The Morgan fingerprint density at radius 3 is 2.40 bits per heavy atom. The fourth-order valence-corrected chi connectivity index (χ4v) is 2.96. The summed E-state index contributed by atoms with van der Waals surface area (Å²) >= 11 is 0. The average molecular weight is 285 g/mol. The van der Waals surface area contributed by atoms with Gasteiger partial charge in [0.25, 0.3) is 0 Å². The molecule has 0 aromatic carbocycles. The molecule has 0 aromatic rings. The van der Waals surface area contributed by atoms with E-state index < -0.39 is 5.92 Å². The van der Waals surface area contributed by atoms with Gasteiger partial charge in [0.1, 0.15) is 0 Å². The minimum absolute atomic E-state index is 0.0702. The maximum Gasteiger partial charge on any atom is 0.248 e. The predicted molar refractivity (Wildman–Crippen MR) is 70.1 cm³/mol. The van der Waals surface area contributed by atoms with Crippen LogP contribution in [-0.2, 0) is 4.79 Å². The molecule has 0 bridgehead atoms. The lowest BCUT2D eigenvalue weighted by Gasteiger charge is -2.33. The summed E-state index contributed by atoms with van der Waals surface area (Å²) in [5, 5.41) is 11.6. The average Bonchev–Trinajstić information content (AvgIpc) is 2.41. The first-order valence-corrected chi connectivity index (χ1v) is 7.28. The highest BCUT2D eigenvalue weighted by Crippen LogP contribution is 2.36. The number of hydrogen-bond acceptors (Lipinski definition) is 3. The third-order valence-electron chi connectivity index (χ3n) is 4.32. The van der Waals surface area contributed by atoms with Gasteiger partial charge < -0.3 is 5.32 Å². The van der Waals surface area contributed by atoms with Gasteiger partial charge >= 0.3 is 0 Å². The molecule has 0 spiro atoms. The molecule has 0 unspecified atom stereocenters. The summed E-state index contributed by atoms with van der Waals surface area (Å²) < 4.78 is 26.1. The van der Waals surface area contributed by atoms with Crippen LogP contribution in [0.2, 0.25) is 0 Å². The summed E-state index contributed by atoms with van der Waals surface area (Å²) in [6, 6.07) is 2.24. The van der Waals surface area contributed by atoms with Crippen LogP contribution in [-0.4, -0.2) is 42.4 Å². The van der Waals surface area contributed by atoms with E-state index in [1.165, 1.54) is 0 Å². The molecule has 0 atom stereocenters. The zero-order valence-corrected chi connectivity index (χ0v) is 11.6. The lowest BCUT2D eigenvalue weighted by molar-refractivity contribution is -0.130. The molecule has 1 saturated heterocycles. The van der Waals surface area contributed by atoms with E-state index in [2.05, 4.69) is 16.3 Å². The van der Waals surface area contributed by atoms with Gasteiger partial charge in [-0.1, -0.05) is 0 Å². The van der Waals surface area contributed by atoms with Crippen molar-refractivity contribution >= 4 is 5.91 Å². The van der Waals surface area contributed by atoms with E-state index in [0.717, 1.165) is 25.9 Å². The fraction of sp³-hybridized carbons (Fsp3) is 0.857. The molecular formula is C14H21F2N3O. The zero-order valence-electron chi connectivity index (χ0n) is 11.6. The van der Waals surface area contributed by atoms with Gasteiger partial charge in [-0.15, -0.1) is 0 Å². The SMILES string of the molecule is N#CCN1CCC(NC(=O)C2CCC(F)(F)CC2)CC1. The van der Waals surface area contributed by atoms with Gasteiger partial charge in [0.2, 0.25) is 11.8 Å². The van der Waals surface area contributed by atoms with Crippen LogP contribution in [0.5, 0.6) is 0 Å². The molecule has 1 aliphatic carbocycles. The van der Waals surface area contributed by atoms with E-state index in [1.54, 1.807) is 0 Å². The van der Waals surface area contributed by atoms with Crippen molar-refractivity contribution in [1.29, 1.82) is 5.26 Å². The largest absolute Gasteiger partial charge is 0.353 e. The number of nitriles is 1. The number of hydrogen-bond donors (Lipinski definition) is 1. The molecule has 6 heteroatoms. The number of rotatable bonds is 3. The minimum Gasteiger partial charge on any atom is -0.353 e. The van der Waals surface area contributed by atoms with Crippen LogP contribution in [0, 0.1) is 17.2 Å². The first-order chi connectivity index (χ1) is 9.50. The molecule has 1 amide bonds. The lowest BCUT2D eigenvalue weighted by atomic mass is 9.86. The van der Waals surface area contributed by atoms with Crippen LogP contribution in [0.15, 0.2) is 0 Å². The topological polar surface area (TPSA) is 56.1 Å². The van der Waals surface area contributed by atoms with Crippen molar-refractivity contribution in [3.8, 4) is 6.07 Å². The smallest absolute Gasteiger partial charge is 0.248 e. The van der Waals surface area contributed by atoms with Crippen molar-refractivity contribution in [2.45, 2.75) is 50.5 Å². The second-order valence-electron chi connectivity index (χ2n) is 5.85. The molecule has 1 saturated carbocycles. The molecule has 0 aromatic heterocycles. The summed E-state index contributed by atoms with van der Waals surface area (Å²) in [6.07, 6.45) is 1.88. The summed E-state index contributed by atoms with van der Waals surface area (Å²) in [7, 11) is 0.